The molecule has 7 nitrogen and oxygen atoms in total. The molecule has 0 amide bonds. The topological polar surface area (TPSA) is 71.8 Å². The van der Waals surface area contributed by atoms with Crippen LogP contribution in [0.15, 0.2) is 55.2 Å². The van der Waals surface area contributed by atoms with Gasteiger partial charge in [0.05, 0.1) is 5.69 Å². The number of hydrogen-bond donors (Lipinski definition) is 1. The van der Waals surface area contributed by atoms with Crippen LogP contribution >= 0.6 is 0 Å². The van der Waals surface area contributed by atoms with Gasteiger partial charge < -0.3 is 10.2 Å². The van der Waals surface area contributed by atoms with Crippen molar-refractivity contribution in [2.75, 3.05) is 18.0 Å². The number of rotatable bonds is 6. The van der Waals surface area contributed by atoms with Crippen molar-refractivity contribution >= 4 is 5.82 Å². The van der Waals surface area contributed by atoms with Crippen LogP contribution in [0.4, 0.5) is 5.82 Å². The lowest BCUT2D eigenvalue weighted by molar-refractivity contribution is 0.569. The van der Waals surface area contributed by atoms with Gasteiger partial charge in [-0.25, -0.2) is 9.67 Å². The summed E-state index contributed by atoms with van der Waals surface area (Å²) < 4.78 is 1.76. The average Bonchev–Trinajstić information content (AvgIpc) is 3.35. The van der Waals surface area contributed by atoms with E-state index in [1.54, 1.807) is 23.5 Å². The molecule has 0 aliphatic carbocycles. The fraction of sp³-hybridized carbons (Fsp3) is 0.333. The Balaban J connectivity index is 1.31. The van der Waals surface area contributed by atoms with Crippen LogP contribution in [0.3, 0.4) is 0 Å². The van der Waals surface area contributed by atoms with Crippen LogP contribution in [0.5, 0.6) is 0 Å². The molecule has 0 bridgehead atoms. The first-order valence-corrected chi connectivity index (χ1v) is 8.59. The lowest BCUT2D eigenvalue weighted by Gasteiger charge is -2.25. The molecule has 0 saturated carbocycles. The third kappa shape index (κ3) is 3.66. The van der Waals surface area contributed by atoms with E-state index < -0.39 is 0 Å². The zero-order valence-electron chi connectivity index (χ0n) is 14.0. The molecule has 3 aromatic rings. The first kappa shape index (κ1) is 15.7. The second-order valence-electron chi connectivity index (χ2n) is 6.21. The quantitative estimate of drug-likeness (QED) is 0.741. The van der Waals surface area contributed by atoms with Crippen molar-refractivity contribution in [1.82, 2.24) is 30.3 Å². The van der Waals surface area contributed by atoms with Crippen LogP contribution in [0, 0.1) is 0 Å². The van der Waals surface area contributed by atoms with Crippen molar-refractivity contribution < 1.29 is 0 Å². The zero-order valence-corrected chi connectivity index (χ0v) is 14.0. The number of nitrogens with zero attached hydrogens (tertiary/aromatic N) is 6. The molecule has 7 heteroatoms. The highest BCUT2D eigenvalue weighted by molar-refractivity contribution is 5.39. The molecule has 1 atom stereocenters. The van der Waals surface area contributed by atoms with Gasteiger partial charge in [0.25, 0.3) is 0 Å². The van der Waals surface area contributed by atoms with Gasteiger partial charge in [0.15, 0.2) is 5.82 Å². The fourth-order valence-electron chi connectivity index (χ4n) is 3.29. The first-order chi connectivity index (χ1) is 12.4. The lowest BCUT2D eigenvalue weighted by atomic mass is 10.2. The Labute approximate surface area is 146 Å². The minimum Gasteiger partial charge on any atom is -0.351 e. The van der Waals surface area contributed by atoms with Crippen molar-refractivity contribution in [2.24, 2.45) is 0 Å². The largest absolute Gasteiger partial charge is 0.351 e. The van der Waals surface area contributed by atoms with Crippen molar-refractivity contribution in [2.45, 2.75) is 25.4 Å². The first-order valence-electron chi connectivity index (χ1n) is 8.59. The number of aromatic nitrogens is 5. The van der Waals surface area contributed by atoms with Crippen molar-refractivity contribution in [1.29, 1.82) is 0 Å². The molecule has 1 aliphatic heterocycles. The monoisotopic (exact) mass is 335 g/mol. The molecule has 25 heavy (non-hydrogen) atoms. The molecule has 1 aliphatic rings. The Morgan fingerprint density at radius 3 is 2.84 bits per heavy atom. The number of anilines is 1. The fourth-order valence-corrected chi connectivity index (χ4v) is 3.29. The van der Waals surface area contributed by atoms with E-state index in [9.17, 15) is 0 Å². The molecule has 0 spiro atoms. The summed E-state index contributed by atoms with van der Waals surface area (Å²) in [7, 11) is 0. The van der Waals surface area contributed by atoms with Gasteiger partial charge in [-0.2, -0.15) is 10.2 Å². The summed E-state index contributed by atoms with van der Waals surface area (Å²) in [5, 5.41) is 16.0. The van der Waals surface area contributed by atoms with E-state index in [1.807, 2.05) is 12.1 Å². The van der Waals surface area contributed by atoms with E-state index >= 15 is 0 Å². The van der Waals surface area contributed by atoms with Crippen LogP contribution in [-0.2, 0) is 6.54 Å². The third-order valence-corrected chi connectivity index (χ3v) is 4.56. The van der Waals surface area contributed by atoms with Gasteiger partial charge in [-0.05, 0) is 42.7 Å². The van der Waals surface area contributed by atoms with Gasteiger partial charge in [0.1, 0.15) is 12.7 Å². The van der Waals surface area contributed by atoms with E-state index in [0.717, 1.165) is 31.1 Å². The van der Waals surface area contributed by atoms with Crippen LogP contribution < -0.4 is 10.2 Å². The Kier molecular flexibility index (Phi) is 4.65. The Morgan fingerprint density at radius 1 is 1.16 bits per heavy atom. The average molecular weight is 335 g/mol. The van der Waals surface area contributed by atoms with Gasteiger partial charge in [-0.3, -0.25) is 0 Å². The second kappa shape index (κ2) is 7.40. The lowest BCUT2D eigenvalue weighted by Crippen LogP contribution is -2.38. The van der Waals surface area contributed by atoms with Gasteiger partial charge in [0, 0.05) is 31.9 Å². The molecule has 3 heterocycles. The van der Waals surface area contributed by atoms with E-state index in [0.29, 0.717) is 6.04 Å². The molecule has 1 aromatic carbocycles. The maximum atomic E-state index is 4.25. The Hall–Kier alpha value is -2.80. The predicted octanol–water partition coefficient (Wildman–Crippen LogP) is 1.82. The summed E-state index contributed by atoms with van der Waals surface area (Å²) in [4.78, 5) is 6.33. The maximum absolute atomic E-state index is 4.25. The van der Waals surface area contributed by atoms with Crippen LogP contribution in [0.25, 0.3) is 5.69 Å². The number of nitrogens with one attached hydrogen (secondary N) is 1. The van der Waals surface area contributed by atoms with Gasteiger partial charge in [-0.1, -0.05) is 12.1 Å². The van der Waals surface area contributed by atoms with Gasteiger partial charge in [-0.15, -0.1) is 5.10 Å². The Bertz CT molecular complexity index is 771. The number of benzene rings is 1. The highest BCUT2D eigenvalue weighted by Crippen LogP contribution is 2.22. The highest BCUT2D eigenvalue weighted by Gasteiger charge is 2.25. The smallest absolute Gasteiger partial charge is 0.151 e. The molecule has 0 radical (unpaired) electrons. The second-order valence-corrected chi connectivity index (χ2v) is 6.21. The number of hydrogen-bond acceptors (Lipinski definition) is 6. The zero-order chi connectivity index (χ0) is 16.9. The third-order valence-electron chi connectivity index (χ3n) is 4.56. The molecular formula is C18H21N7. The van der Waals surface area contributed by atoms with Crippen LogP contribution in [0.1, 0.15) is 18.4 Å². The van der Waals surface area contributed by atoms with Gasteiger partial charge >= 0.3 is 0 Å². The minimum absolute atomic E-state index is 0.478. The molecule has 4 rings (SSSR count). The summed E-state index contributed by atoms with van der Waals surface area (Å²) in [6, 6.07) is 12.8. The molecule has 0 unspecified atom stereocenters. The minimum atomic E-state index is 0.478. The highest BCUT2D eigenvalue weighted by atomic mass is 15.3. The normalized spacial score (nSPS) is 17.1. The van der Waals surface area contributed by atoms with E-state index in [2.05, 4.69) is 54.8 Å². The summed E-state index contributed by atoms with van der Waals surface area (Å²) in [6.45, 7) is 2.85. The standard InChI is InChI=1S/C18H21N7/c1-4-18(23-21-9-1)24-10-2-3-17(24)12-19-11-15-5-7-16(8-6-15)25-14-20-13-22-25/h1,4-9,13-14,17,19H,2-3,10-12H2/t17-/m1/s1. The molecule has 128 valence electrons. The predicted molar refractivity (Wildman–Crippen MR) is 95.5 cm³/mol. The summed E-state index contributed by atoms with van der Waals surface area (Å²) in [6.07, 6.45) is 7.36. The van der Waals surface area contributed by atoms with E-state index in [-0.39, 0.29) is 0 Å². The van der Waals surface area contributed by atoms with Crippen LogP contribution in [-0.4, -0.2) is 44.1 Å². The molecular weight excluding hydrogens is 314 g/mol. The summed E-state index contributed by atoms with van der Waals surface area (Å²) >= 11 is 0. The molecule has 2 aromatic heterocycles. The summed E-state index contributed by atoms with van der Waals surface area (Å²) in [5.41, 5.74) is 2.28. The SMILES string of the molecule is c1cnnc(N2CCC[C@@H]2CNCc2ccc(-n3cncn3)cc2)c1. The Morgan fingerprint density at radius 2 is 2.08 bits per heavy atom. The maximum Gasteiger partial charge on any atom is 0.151 e. The van der Waals surface area contributed by atoms with Crippen molar-refractivity contribution in [3.63, 3.8) is 0 Å². The van der Waals surface area contributed by atoms with Crippen molar-refractivity contribution in [3.8, 4) is 5.69 Å². The molecule has 1 fully saturated rings. The van der Waals surface area contributed by atoms with E-state index in [1.165, 1.54) is 18.4 Å². The van der Waals surface area contributed by atoms with Crippen LogP contribution in [0.2, 0.25) is 0 Å². The van der Waals surface area contributed by atoms with E-state index in [4.69, 9.17) is 0 Å². The van der Waals surface area contributed by atoms with Crippen molar-refractivity contribution in [3.05, 3.63) is 60.8 Å². The molecule has 1 saturated heterocycles. The van der Waals surface area contributed by atoms with Gasteiger partial charge in [0.2, 0.25) is 0 Å². The molecule has 1 N–H and O–H groups in total. The summed E-state index contributed by atoms with van der Waals surface area (Å²) in [5.74, 6) is 0.976.